The maximum absolute atomic E-state index is 13.0. The zero-order valence-electron chi connectivity index (χ0n) is 20.7. The lowest BCUT2D eigenvalue weighted by atomic mass is 9.91. The molecule has 0 atom stereocenters. The summed E-state index contributed by atoms with van der Waals surface area (Å²) >= 11 is 0. The van der Waals surface area contributed by atoms with Crippen LogP contribution in [-0.4, -0.2) is 68.2 Å². The van der Waals surface area contributed by atoms with Gasteiger partial charge in [0.2, 0.25) is 5.91 Å². The van der Waals surface area contributed by atoms with E-state index < -0.39 is 0 Å². The van der Waals surface area contributed by atoms with Crippen molar-refractivity contribution in [2.24, 2.45) is 5.73 Å². The molecule has 1 aliphatic carbocycles. The SMILES string of the molecule is COC(=O)N1CCN(c2ccc(C(=O)NC3CCC(N)CC3)cc2NC(=O)Cc2ccccc2)CC1. The van der Waals surface area contributed by atoms with Crippen molar-refractivity contribution >= 4 is 29.3 Å². The first-order valence-corrected chi connectivity index (χ1v) is 12.5. The van der Waals surface area contributed by atoms with Gasteiger partial charge in [-0.2, -0.15) is 0 Å². The second kappa shape index (κ2) is 11.9. The van der Waals surface area contributed by atoms with E-state index in [9.17, 15) is 14.4 Å². The summed E-state index contributed by atoms with van der Waals surface area (Å²) in [6.07, 6.45) is 3.44. The van der Waals surface area contributed by atoms with E-state index in [4.69, 9.17) is 10.5 Å². The smallest absolute Gasteiger partial charge is 0.409 e. The summed E-state index contributed by atoms with van der Waals surface area (Å²) in [5, 5.41) is 6.14. The molecule has 0 bridgehead atoms. The van der Waals surface area contributed by atoms with Crippen molar-refractivity contribution in [1.29, 1.82) is 0 Å². The number of anilines is 2. The predicted molar refractivity (Wildman–Crippen MR) is 139 cm³/mol. The van der Waals surface area contributed by atoms with Gasteiger partial charge < -0.3 is 30.9 Å². The Kier molecular flexibility index (Phi) is 8.43. The van der Waals surface area contributed by atoms with E-state index in [1.54, 1.807) is 17.0 Å². The monoisotopic (exact) mass is 493 g/mol. The van der Waals surface area contributed by atoms with Gasteiger partial charge in [-0.3, -0.25) is 9.59 Å². The van der Waals surface area contributed by atoms with Gasteiger partial charge in [-0.05, 0) is 49.4 Å². The topological polar surface area (TPSA) is 117 Å². The van der Waals surface area contributed by atoms with Crippen LogP contribution in [0.5, 0.6) is 0 Å². The summed E-state index contributed by atoms with van der Waals surface area (Å²) in [4.78, 5) is 41.6. The second-order valence-corrected chi connectivity index (χ2v) is 9.47. The fraction of sp³-hybridized carbons (Fsp3) is 0.444. The third-order valence-electron chi connectivity index (χ3n) is 6.90. The van der Waals surface area contributed by atoms with E-state index in [-0.39, 0.29) is 36.4 Å². The average molecular weight is 494 g/mol. The van der Waals surface area contributed by atoms with Gasteiger partial charge in [0, 0.05) is 43.8 Å². The molecule has 4 N–H and O–H groups in total. The number of nitrogens with two attached hydrogens (primary N) is 1. The predicted octanol–water partition coefficient (Wildman–Crippen LogP) is 2.76. The molecule has 9 nitrogen and oxygen atoms in total. The average Bonchev–Trinajstić information content (AvgIpc) is 2.90. The third kappa shape index (κ3) is 6.54. The Morgan fingerprint density at radius 3 is 2.33 bits per heavy atom. The largest absolute Gasteiger partial charge is 0.453 e. The number of ether oxygens (including phenoxy) is 1. The van der Waals surface area contributed by atoms with Crippen molar-refractivity contribution in [3.05, 3.63) is 59.7 Å². The molecule has 9 heteroatoms. The summed E-state index contributed by atoms with van der Waals surface area (Å²) in [6, 6.07) is 15.3. The molecule has 0 unspecified atom stereocenters. The highest BCUT2D eigenvalue weighted by Crippen LogP contribution is 2.29. The molecular formula is C27H35N5O4. The van der Waals surface area contributed by atoms with Crippen molar-refractivity contribution in [2.75, 3.05) is 43.5 Å². The Bertz CT molecular complexity index is 1060. The molecule has 1 heterocycles. The van der Waals surface area contributed by atoms with E-state index in [1.807, 2.05) is 36.4 Å². The molecule has 0 spiro atoms. The number of nitrogens with zero attached hydrogens (tertiary/aromatic N) is 2. The van der Waals surface area contributed by atoms with E-state index in [2.05, 4.69) is 15.5 Å². The minimum absolute atomic E-state index is 0.111. The van der Waals surface area contributed by atoms with Crippen LogP contribution in [0.1, 0.15) is 41.6 Å². The Labute approximate surface area is 212 Å². The number of benzene rings is 2. The van der Waals surface area contributed by atoms with E-state index in [0.717, 1.165) is 36.9 Å². The normalized spacial score (nSPS) is 19.9. The number of piperazine rings is 1. The van der Waals surface area contributed by atoms with Gasteiger partial charge in [-0.15, -0.1) is 0 Å². The van der Waals surface area contributed by atoms with Crippen molar-refractivity contribution in [3.63, 3.8) is 0 Å². The number of hydrogen-bond donors (Lipinski definition) is 3. The standard InChI is InChI=1S/C27H35N5O4/c1-36-27(35)32-15-13-31(14-16-32)24-12-7-20(26(34)29-22-10-8-21(28)9-11-22)18-23(24)30-25(33)17-19-5-3-2-4-6-19/h2-7,12,18,21-22H,8-11,13-17,28H2,1H3,(H,29,34)(H,30,33). The number of carbonyl (C=O) groups is 3. The van der Waals surface area contributed by atoms with Gasteiger partial charge >= 0.3 is 6.09 Å². The molecule has 4 rings (SSSR count). The first-order chi connectivity index (χ1) is 17.4. The van der Waals surface area contributed by atoms with Crippen LogP contribution >= 0.6 is 0 Å². The van der Waals surface area contributed by atoms with E-state index in [0.29, 0.717) is 37.4 Å². The molecule has 2 aromatic rings. The van der Waals surface area contributed by atoms with Gasteiger partial charge in [0.05, 0.1) is 24.9 Å². The number of amides is 3. The first kappa shape index (κ1) is 25.5. The van der Waals surface area contributed by atoms with Crippen molar-refractivity contribution < 1.29 is 19.1 Å². The summed E-state index contributed by atoms with van der Waals surface area (Å²) in [7, 11) is 1.38. The first-order valence-electron chi connectivity index (χ1n) is 12.5. The summed E-state index contributed by atoms with van der Waals surface area (Å²) in [6.45, 7) is 2.20. The van der Waals surface area contributed by atoms with Crippen LogP contribution in [0.4, 0.5) is 16.2 Å². The summed E-state index contributed by atoms with van der Waals surface area (Å²) < 4.78 is 4.83. The Morgan fingerprint density at radius 1 is 0.972 bits per heavy atom. The molecule has 1 saturated carbocycles. The molecule has 2 aromatic carbocycles. The van der Waals surface area contributed by atoms with Gasteiger partial charge in [0.1, 0.15) is 0 Å². The van der Waals surface area contributed by atoms with Crippen LogP contribution in [-0.2, 0) is 16.0 Å². The minimum atomic E-state index is -0.346. The number of carbonyl (C=O) groups excluding carboxylic acids is 3. The Hall–Kier alpha value is -3.59. The molecule has 2 aliphatic rings. The highest BCUT2D eigenvalue weighted by atomic mass is 16.5. The van der Waals surface area contributed by atoms with E-state index in [1.165, 1.54) is 7.11 Å². The number of nitrogens with one attached hydrogen (secondary N) is 2. The maximum Gasteiger partial charge on any atom is 0.409 e. The van der Waals surface area contributed by atoms with Crippen molar-refractivity contribution in [1.82, 2.24) is 10.2 Å². The van der Waals surface area contributed by atoms with Gasteiger partial charge in [-0.25, -0.2) is 4.79 Å². The zero-order valence-corrected chi connectivity index (χ0v) is 20.7. The quantitative estimate of drug-likeness (QED) is 0.570. The lowest BCUT2D eigenvalue weighted by molar-refractivity contribution is -0.115. The van der Waals surface area contributed by atoms with Crippen LogP contribution in [0.3, 0.4) is 0 Å². The molecule has 192 valence electrons. The highest BCUT2D eigenvalue weighted by Gasteiger charge is 2.25. The Morgan fingerprint density at radius 2 is 1.67 bits per heavy atom. The van der Waals surface area contributed by atoms with Crippen LogP contribution in [0.15, 0.2) is 48.5 Å². The molecule has 36 heavy (non-hydrogen) atoms. The van der Waals surface area contributed by atoms with Crippen LogP contribution in [0.25, 0.3) is 0 Å². The van der Waals surface area contributed by atoms with Gasteiger partial charge in [-0.1, -0.05) is 30.3 Å². The number of rotatable bonds is 6. The Balaban J connectivity index is 1.51. The summed E-state index contributed by atoms with van der Waals surface area (Å²) in [5.41, 5.74) is 8.81. The minimum Gasteiger partial charge on any atom is -0.453 e. The van der Waals surface area contributed by atoms with Crippen LogP contribution < -0.4 is 21.3 Å². The number of hydrogen-bond acceptors (Lipinski definition) is 6. The lowest BCUT2D eigenvalue weighted by Gasteiger charge is -2.36. The molecule has 1 aliphatic heterocycles. The summed E-state index contributed by atoms with van der Waals surface area (Å²) in [5.74, 6) is -0.314. The molecule has 0 radical (unpaired) electrons. The fourth-order valence-corrected chi connectivity index (χ4v) is 4.82. The van der Waals surface area contributed by atoms with E-state index >= 15 is 0 Å². The third-order valence-corrected chi connectivity index (χ3v) is 6.90. The molecule has 2 fully saturated rings. The fourth-order valence-electron chi connectivity index (χ4n) is 4.82. The van der Waals surface area contributed by atoms with Crippen LogP contribution in [0.2, 0.25) is 0 Å². The van der Waals surface area contributed by atoms with Gasteiger partial charge in [0.25, 0.3) is 5.91 Å². The molecular weight excluding hydrogens is 458 g/mol. The van der Waals surface area contributed by atoms with Crippen molar-refractivity contribution in [2.45, 2.75) is 44.2 Å². The number of methoxy groups -OCH3 is 1. The van der Waals surface area contributed by atoms with Crippen molar-refractivity contribution in [3.8, 4) is 0 Å². The highest BCUT2D eigenvalue weighted by molar-refractivity contribution is 6.00. The molecule has 3 amide bonds. The van der Waals surface area contributed by atoms with Gasteiger partial charge in [0.15, 0.2) is 0 Å². The second-order valence-electron chi connectivity index (χ2n) is 9.47. The van der Waals surface area contributed by atoms with Crippen LogP contribution in [0, 0.1) is 0 Å². The molecule has 1 saturated heterocycles. The molecule has 0 aromatic heterocycles. The lowest BCUT2D eigenvalue weighted by Crippen LogP contribution is -2.49. The zero-order chi connectivity index (χ0) is 25.5. The maximum atomic E-state index is 13.0.